The Balaban J connectivity index is 1.63. The van der Waals surface area contributed by atoms with Crippen LogP contribution in [0.3, 0.4) is 0 Å². The summed E-state index contributed by atoms with van der Waals surface area (Å²) in [6.45, 7) is 4.48. The minimum absolute atomic E-state index is 0.0256. The number of thiophene rings is 1. The second kappa shape index (κ2) is 10.4. The molecule has 1 aromatic heterocycles. The van der Waals surface area contributed by atoms with Crippen LogP contribution < -0.4 is 4.74 Å². The molecule has 2 unspecified atom stereocenters. The highest BCUT2D eigenvalue weighted by Crippen LogP contribution is 2.38. The van der Waals surface area contributed by atoms with Crippen LogP contribution in [0.5, 0.6) is 5.75 Å². The predicted molar refractivity (Wildman–Crippen MR) is 132 cm³/mol. The van der Waals surface area contributed by atoms with E-state index < -0.39 is 0 Å². The minimum Gasteiger partial charge on any atom is -0.497 e. The molecule has 0 saturated heterocycles. The second-order valence-corrected chi connectivity index (χ2v) is 9.51. The Bertz CT molecular complexity index is 1160. The fourth-order valence-corrected chi connectivity index (χ4v) is 5.30. The highest BCUT2D eigenvalue weighted by Gasteiger charge is 2.35. The number of hydrogen-bond donors (Lipinski definition) is 0. The number of benzene rings is 2. The van der Waals surface area contributed by atoms with E-state index >= 15 is 0 Å². The van der Waals surface area contributed by atoms with Gasteiger partial charge in [-0.25, -0.2) is 4.39 Å². The number of nitrogens with zero attached hydrogens (tertiary/aromatic N) is 2. The zero-order valence-corrected chi connectivity index (χ0v) is 20.5. The van der Waals surface area contributed by atoms with Crippen LogP contribution in [0.1, 0.15) is 52.7 Å². The van der Waals surface area contributed by atoms with Crippen LogP contribution in [-0.2, 0) is 11.2 Å². The van der Waals surface area contributed by atoms with Crippen LogP contribution in [0.2, 0.25) is 0 Å². The quantitative estimate of drug-likeness (QED) is 0.460. The third-order valence-electron chi connectivity index (χ3n) is 6.48. The van der Waals surface area contributed by atoms with Gasteiger partial charge < -0.3 is 14.5 Å². The van der Waals surface area contributed by atoms with Gasteiger partial charge in [0.25, 0.3) is 5.91 Å². The molecule has 2 heterocycles. The average molecular weight is 481 g/mol. The molecule has 5 nitrogen and oxygen atoms in total. The lowest BCUT2D eigenvalue weighted by atomic mass is 9.93. The lowest BCUT2D eigenvalue weighted by molar-refractivity contribution is -0.134. The van der Waals surface area contributed by atoms with Crippen molar-refractivity contribution in [2.75, 3.05) is 20.2 Å². The van der Waals surface area contributed by atoms with Gasteiger partial charge in [0.05, 0.1) is 13.2 Å². The molecule has 7 heteroatoms. The van der Waals surface area contributed by atoms with E-state index in [0.717, 1.165) is 24.0 Å². The van der Waals surface area contributed by atoms with Gasteiger partial charge in [0, 0.05) is 23.0 Å². The Hall–Kier alpha value is -3.19. The van der Waals surface area contributed by atoms with Crippen molar-refractivity contribution in [3.05, 3.63) is 87.4 Å². The largest absolute Gasteiger partial charge is 0.497 e. The van der Waals surface area contributed by atoms with Gasteiger partial charge >= 0.3 is 0 Å². The van der Waals surface area contributed by atoms with Gasteiger partial charge in [0.2, 0.25) is 5.91 Å². The van der Waals surface area contributed by atoms with E-state index in [2.05, 4.69) is 0 Å². The Morgan fingerprint density at radius 3 is 2.68 bits per heavy atom. The SMILES string of the molecule is CCC(C)N(CC(=O)N1CCc2sccc2C1c1ccc(F)cc1)C(=O)c1cccc(OC)c1. The molecule has 34 heavy (non-hydrogen) atoms. The minimum atomic E-state index is -0.310. The van der Waals surface area contributed by atoms with Gasteiger partial charge in [-0.1, -0.05) is 25.1 Å². The second-order valence-electron chi connectivity index (χ2n) is 8.51. The van der Waals surface area contributed by atoms with E-state index in [-0.39, 0.29) is 36.3 Å². The highest BCUT2D eigenvalue weighted by molar-refractivity contribution is 7.10. The first-order valence-corrected chi connectivity index (χ1v) is 12.4. The molecule has 0 N–H and O–H groups in total. The molecule has 3 aromatic rings. The number of rotatable bonds is 7. The first kappa shape index (κ1) is 24.0. The van der Waals surface area contributed by atoms with Gasteiger partial charge in [0.15, 0.2) is 0 Å². The van der Waals surface area contributed by atoms with Crippen LogP contribution >= 0.6 is 11.3 Å². The molecule has 0 radical (unpaired) electrons. The molecule has 0 fully saturated rings. The number of carbonyl (C=O) groups is 2. The summed E-state index contributed by atoms with van der Waals surface area (Å²) >= 11 is 1.68. The molecule has 1 aliphatic rings. The van der Waals surface area contributed by atoms with Crippen LogP contribution in [0.4, 0.5) is 4.39 Å². The molecule has 2 amide bonds. The maximum absolute atomic E-state index is 13.7. The number of amides is 2. The Kier molecular flexibility index (Phi) is 7.32. The first-order chi connectivity index (χ1) is 16.4. The lowest BCUT2D eigenvalue weighted by Crippen LogP contribution is -2.49. The van der Waals surface area contributed by atoms with Crippen molar-refractivity contribution in [3.8, 4) is 5.75 Å². The zero-order valence-electron chi connectivity index (χ0n) is 19.7. The summed E-state index contributed by atoms with van der Waals surface area (Å²) in [5.74, 6) is -0.0376. The monoisotopic (exact) mass is 480 g/mol. The Labute approximate surface area is 203 Å². The molecule has 178 valence electrons. The van der Waals surface area contributed by atoms with Crippen LogP contribution in [-0.4, -0.2) is 47.9 Å². The molecule has 4 rings (SSSR count). The summed E-state index contributed by atoms with van der Waals surface area (Å²) in [6, 6.07) is 15.0. The van der Waals surface area contributed by atoms with Crippen molar-refractivity contribution in [3.63, 3.8) is 0 Å². The van der Waals surface area contributed by atoms with Gasteiger partial charge in [-0.3, -0.25) is 9.59 Å². The van der Waals surface area contributed by atoms with E-state index in [1.807, 2.05) is 30.2 Å². The standard InChI is InChI=1S/C27H29FN2O3S/c1-4-18(2)30(27(32)20-6-5-7-22(16-20)33-3)17-25(31)29-14-12-24-23(13-15-34-24)26(29)19-8-10-21(28)11-9-19/h5-11,13,15-16,18,26H,4,12,14,17H2,1-3H3. The Morgan fingerprint density at radius 2 is 1.97 bits per heavy atom. The van der Waals surface area contributed by atoms with Crippen LogP contribution in [0, 0.1) is 5.82 Å². The summed E-state index contributed by atoms with van der Waals surface area (Å²) in [5.41, 5.74) is 2.43. The molecule has 0 aliphatic carbocycles. The maximum atomic E-state index is 13.7. The average Bonchev–Trinajstić information content (AvgIpc) is 3.35. The van der Waals surface area contributed by atoms with Crippen molar-refractivity contribution < 1.29 is 18.7 Å². The summed E-state index contributed by atoms with van der Waals surface area (Å²) in [6.07, 6.45) is 1.49. The van der Waals surface area contributed by atoms with Gasteiger partial charge in [-0.05, 0) is 72.7 Å². The maximum Gasteiger partial charge on any atom is 0.254 e. The fraction of sp³-hybridized carbons (Fsp3) is 0.333. The van der Waals surface area contributed by atoms with Crippen molar-refractivity contribution in [1.82, 2.24) is 9.80 Å². The predicted octanol–water partition coefficient (Wildman–Crippen LogP) is 5.31. The molecule has 0 spiro atoms. The topological polar surface area (TPSA) is 49.9 Å². The summed E-state index contributed by atoms with van der Waals surface area (Å²) in [7, 11) is 1.56. The van der Waals surface area contributed by atoms with Crippen LogP contribution in [0.15, 0.2) is 60.0 Å². The number of halogens is 1. The lowest BCUT2D eigenvalue weighted by Gasteiger charge is -2.38. The van der Waals surface area contributed by atoms with Gasteiger partial charge in [-0.2, -0.15) is 0 Å². The summed E-state index contributed by atoms with van der Waals surface area (Å²) in [5, 5.41) is 2.03. The molecule has 0 saturated carbocycles. The molecule has 0 bridgehead atoms. The van der Waals surface area contributed by atoms with Gasteiger partial charge in [0.1, 0.15) is 18.1 Å². The van der Waals surface area contributed by atoms with E-state index in [1.165, 1.54) is 17.0 Å². The smallest absolute Gasteiger partial charge is 0.254 e. The number of fused-ring (bicyclic) bond motifs is 1. The Morgan fingerprint density at radius 1 is 1.21 bits per heavy atom. The molecular weight excluding hydrogens is 451 g/mol. The van der Waals surface area contributed by atoms with E-state index in [4.69, 9.17) is 4.74 Å². The van der Waals surface area contributed by atoms with Crippen molar-refractivity contribution in [1.29, 1.82) is 0 Å². The van der Waals surface area contributed by atoms with E-state index in [9.17, 15) is 14.0 Å². The molecular formula is C27H29FN2O3S. The number of methoxy groups -OCH3 is 1. The summed E-state index contributed by atoms with van der Waals surface area (Å²) < 4.78 is 18.9. The van der Waals surface area contributed by atoms with Gasteiger partial charge in [-0.15, -0.1) is 11.3 Å². The van der Waals surface area contributed by atoms with Crippen LogP contribution in [0.25, 0.3) is 0 Å². The third kappa shape index (κ3) is 4.85. The fourth-order valence-electron chi connectivity index (χ4n) is 4.40. The molecule has 2 aromatic carbocycles. The molecule has 2 atom stereocenters. The summed E-state index contributed by atoms with van der Waals surface area (Å²) in [4.78, 5) is 31.9. The number of hydrogen-bond acceptors (Lipinski definition) is 4. The zero-order chi connectivity index (χ0) is 24.2. The number of carbonyl (C=O) groups excluding carboxylic acids is 2. The van der Waals surface area contributed by atoms with Crippen molar-refractivity contribution >= 4 is 23.2 Å². The third-order valence-corrected chi connectivity index (χ3v) is 7.47. The first-order valence-electron chi connectivity index (χ1n) is 11.5. The molecule has 1 aliphatic heterocycles. The van der Waals surface area contributed by atoms with Crippen molar-refractivity contribution in [2.24, 2.45) is 0 Å². The number of ether oxygens (including phenoxy) is 1. The normalized spacial score (nSPS) is 16.0. The highest BCUT2D eigenvalue weighted by atomic mass is 32.1. The van der Waals surface area contributed by atoms with E-state index in [0.29, 0.717) is 17.9 Å². The van der Waals surface area contributed by atoms with Crippen molar-refractivity contribution in [2.45, 2.75) is 38.8 Å². The van der Waals surface area contributed by atoms with E-state index in [1.54, 1.807) is 59.7 Å².